The summed E-state index contributed by atoms with van der Waals surface area (Å²) in [5.41, 5.74) is 8.14. The van der Waals surface area contributed by atoms with Gasteiger partial charge in [-0.05, 0) is 42.0 Å². The van der Waals surface area contributed by atoms with E-state index in [2.05, 4.69) is 5.32 Å². The van der Waals surface area contributed by atoms with Crippen molar-refractivity contribution in [1.29, 1.82) is 0 Å². The van der Waals surface area contributed by atoms with Crippen LogP contribution in [0.5, 0.6) is 11.5 Å². The van der Waals surface area contributed by atoms with Gasteiger partial charge in [-0.2, -0.15) is 0 Å². The van der Waals surface area contributed by atoms with Gasteiger partial charge in [0, 0.05) is 17.9 Å². The first-order chi connectivity index (χ1) is 8.15. The lowest BCUT2D eigenvalue weighted by atomic mass is 10.2. The molecule has 2 aromatic rings. The van der Waals surface area contributed by atoms with Crippen molar-refractivity contribution >= 4 is 23.8 Å². The Kier molecular flexibility index (Phi) is 4.68. The van der Waals surface area contributed by atoms with Crippen LogP contribution < -0.4 is 11.1 Å². The SMILES string of the molecule is Cl.Nc1ccc(NCc2ccc(O)c(O)c2)cc1. The number of nitrogens with one attached hydrogen (secondary N) is 1. The number of nitrogens with two attached hydrogens (primary N) is 1. The Bertz CT molecular complexity index is 515. The second-order valence-electron chi connectivity index (χ2n) is 3.80. The van der Waals surface area contributed by atoms with Crippen LogP contribution in [0.2, 0.25) is 0 Å². The molecule has 0 saturated carbocycles. The lowest BCUT2D eigenvalue weighted by Gasteiger charge is -2.07. The first-order valence-corrected chi connectivity index (χ1v) is 5.25. The van der Waals surface area contributed by atoms with Crippen molar-refractivity contribution in [3.05, 3.63) is 48.0 Å². The number of halogens is 1. The molecule has 0 bridgehead atoms. The molecule has 18 heavy (non-hydrogen) atoms. The van der Waals surface area contributed by atoms with Crippen molar-refractivity contribution in [3.8, 4) is 11.5 Å². The van der Waals surface area contributed by atoms with Crippen molar-refractivity contribution in [2.45, 2.75) is 6.54 Å². The van der Waals surface area contributed by atoms with Crippen LogP contribution in [0.4, 0.5) is 11.4 Å². The van der Waals surface area contributed by atoms with Crippen LogP contribution >= 0.6 is 12.4 Å². The van der Waals surface area contributed by atoms with E-state index in [-0.39, 0.29) is 23.9 Å². The van der Waals surface area contributed by atoms with Crippen molar-refractivity contribution < 1.29 is 10.2 Å². The van der Waals surface area contributed by atoms with Crippen LogP contribution in [0.3, 0.4) is 0 Å². The molecule has 0 unspecified atom stereocenters. The molecule has 0 saturated heterocycles. The highest BCUT2D eigenvalue weighted by Crippen LogP contribution is 2.25. The van der Waals surface area contributed by atoms with Gasteiger partial charge in [-0.3, -0.25) is 0 Å². The zero-order chi connectivity index (χ0) is 12.3. The minimum absolute atomic E-state index is 0. The summed E-state index contributed by atoms with van der Waals surface area (Å²) in [6.07, 6.45) is 0. The molecule has 0 amide bonds. The van der Waals surface area contributed by atoms with Crippen LogP contribution in [-0.4, -0.2) is 10.2 Å². The fraction of sp³-hybridized carbons (Fsp3) is 0.0769. The molecule has 2 rings (SSSR count). The number of anilines is 2. The zero-order valence-electron chi connectivity index (χ0n) is 9.63. The fourth-order valence-corrected chi connectivity index (χ4v) is 1.48. The number of phenols is 2. The molecular formula is C13H15ClN2O2. The Morgan fingerprint density at radius 3 is 2.22 bits per heavy atom. The minimum Gasteiger partial charge on any atom is -0.504 e. The van der Waals surface area contributed by atoms with Gasteiger partial charge in [-0.1, -0.05) is 6.07 Å². The molecule has 2 aromatic carbocycles. The summed E-state index contributed by atoms with van der Waals surface area (Å²) in [5.74, 6) is -0.220. The van der Waals surface area contributed by atoms with Crippen molar-refractivity contribution in [1.82, 2.24) is 0 Å². The van der Waals surface area contributed by atoms with E-state index in [0.717, 1.165) is 16.9 Å². The van der Waals surface area contributed by atoms with Crippen LogP contribution in [0.15, 0.2) is 42.5 Å². The van der Waals surface area contributed by atoms with Gasteiger partial charge in [-0.15, -0.1) is 12.4 Å². The standard InChI is InChI=1S/C13H14N2O2.ClH/c14-10-2-4-11(5-3-10)15-8-9-1-6-12(16)13(17)7-9;/h1-7,15-17H,8,14H2;1H. The Balaban J connectivity index is 0.00000162. The molecule has 0 fully saturated rings. The third kappa shape index (κ3) is 3.46. The number of phenolic OH excluding ortho intramolecular Hbond substituents is 2. The van der Waals surface area contributed by atoms with E-state index in [1.165, 1.54) is 12.1 Å². The Labute approximate surface area is 111 Å². The predicted molar refractivity (Wildman–Crippen MR) is 75.2 cm³/mol. The molecular weight excluding hydrogens is 252 g/mol. The van der Waals surface area contributed by atoms with E-state index in [1.54, 1.807) is 6.07 Å². The molecule has 0 aromatic heterocycles. The molecule has 0 aliphatic carbocycles. The fourth-order valence-electron chi connectivity index (χ4n) is 1.48. The average molecular weight is 267 g/mol. The first kappa shape index (κ1) is 14.0. The quantitative estimate of drug-likeness (QED) is 0.509. The lowest BCUT2D eigenvalue weighted by molar-refractivity contribution is 0.403. The first-order valence-electron chi connectivity index (χ1n) is 5.25. The number of nitrogen functional groups attached to an aromatic ring is 1. The highest BCUT2D eigenvalue weighted by Gasteiger charge is 2.00. The van der Waals surface area contributed by atoms with E-state index >= 15 is 0 Å². The van der Waals surface area contributed by atoms with Crippen molar-refractivity contribution in [2.75, 3.05) is 11.1 Å². The molecule has 0 heterocycles. The second kappa shape index (κ2) is 6.02. The molecule has 0 spiro atoms. The zero-order valence-corrected chi connectivity index (χ0v) is 10.4. The van der Waals surface area contributed by atoms with Gasteiger partial charge >= 0.3 is 0 Å². The van der Waals surface area contributed by atoms with E-state index < -0.39 is 0 Å². The van der Waals surface area contributed by atoms with Crippen LogP contribution in [0.1, 0.15) is 5.56 Å². The van der Waals surface area contributed by atoms with Crippen LogP contribution in [0.25, 0.3) is 0 Å². The van der Waals surface area contributed by atoms with Gasteiger partial charge in [0.15, 0.2) is 11.5 Å². The van der Waals surface area contributed by atoms with Gasteiger partial charge in [0.05, 0.1) is 0 Å². The van der Waals surface area contributed by atoms with Gasteiger partial charge < -0.3 is 21.3 Å². The molecule has 96 valence electrons. The third-order valence-corrected chi connectivity index (χ3v) is 2.45. The van der Waals surface area contributed by atoms with Gasteiger partial charge in [0.1, 0.15) is 0 Å². The maximum Gasteiger partial charge on any atom is 0.157 e. The van der Waals surface area contributed by atoms with E-state index in [4.69, 9.17) is 5.73 Å². The molecule has 4 nitrogen and oxygen atoms in total. The summed E-state index contributed by atoms with van der Waals surface area (Å²) in [7, 11) is 0. The Morgan fingerprint density at radius 2 is 1.61 bits per heavy atom. The van der Waals surface area contributed by atoms with E-state index in [0.29, 0.717) is 6.54 Å². The number of hydrogen-bond acceptors (Lipinski definition) is 4. The summed E-state index contributed by atoms with van der Waals surface area (Å²) in [4.78, 5) is 0. The smallest absolute Gasteiger partial charge is 0.157 e. The summed E-state index contributed by atoms with van der Waals surface area (Å²) in [6, 6.07) is 12.1. The summed E-state index contributed by atoms with van der Waals surface area (Å²) < 4.78 is 0. The molecule has 0 atom stereocenters. The van der Waals surface area contributed by atoms with Crippen molar-refractivity contribution in [3.63, 3.8) is 0 Å². The van der Waals surface area contributed by atoms with Gasteiger partial charge in [0.25, 0.3) is 0 Å². The number of hydrogen-bond donors (Lipinski definition) is 4. The summed E-state index contributed by atoms with van der Waals surface area (Å²) in [6.45, 7) is 0.567. The topological polar surface area (TPSA) is 78.5 Å². The highest BCUT2D eigenvalue weighted by molar-refractivity contribution is 5.85. The number of benzene rings is 2. The van der Waals surface area contributed by atoms with Crippen LogP contribution in [-0.2, 0) is 6.54 Å². The summed E-state index contributed by atoms with van der Waals surface area (Å²) >= 11 is 0. The van der Waals surface area contributed by atoms with Gasteiger partial charge in [-0.25, -0.2) is 0 Å². The highest BCUT2D eigenvalue weighted by atomic mass is 35.5. The molecule has 5 N–H and O–H groups in total. The second-order valence-corrected chi connectivity index (χ2v) is 3.80. The summed E-state index contributed by atoms with van der Waals surface area (Å²) in [5, 5.41) is 21.7. The third-order valence-electron chi connectivity index (χ3n) is 2.45. The Hall–Kier alpha value is -2.07. The van der Waals surface area contributed by atoms with Crippen molar-refractivity contribution in [2.24, 2.45) is 0 Å². The number of aromatic hydroxyl groups is 2. The minimum atomic E-state index is -0.110. The lowest BCUT2D eigenvalue weighted by Crippen LogP contribution is -1.99. The van der Waals surface area contributed by atoms with E-state index in [9.17, 15) is 10.2 Å². The normalized spacial score (nSPS) is 9.56. The van der Waals surface area contributed by atoms with Gasteiger partial charge in [0.2, 0.25) is 0 Å². The molecule has 5 heteroatoms. The largest absolute Gasteiger partial charge is 0.504 e. The number of rotatable bonds is 3. The average Bonchev–Trinajstić information content (AvgIpc) is 2.33. The van der Waals surface area contributed by atoms with Crippen LogP contribution in [0, 0.1) is 0 Å². The maximum absolute atomic E-state index is 9.34. The molecule has 0 aliphatic rings. The molecule has 0 radical (unpaired) electrons. The Morgan fingerprint density at radius 1 is 0.944 bits per heavy atom. The van der Waals surface area contributed by atoms with E-state index in [1.807, 2.05) is 24.3 Å². The molecule has 0 aliphatic heterocycles. The monoisotopic (exact) mass is 266 g/mol. The maximum atomic E-state index is 9.34. The predicted octanol–water partition coefficient (Wildman–Crippen LogP) is 2.71.